The number of hydrogen-bond donors (Lipinski definition) is 3. The van der Waals surface area contributed by atoms with E-state index in [0.717, 1.165) is 13.0 Å². The van der Waals surface area contributed by atoms with E-state index in [1.807, 2.05) is 12.1 Å². The topological polar surface area (TPSA) is 87.3 Å². The molecule has 1 amide bonds. The minimum absolute atomic E-state index is 0. The summed E-state index contributed by atoms with van der Waals surface area (Å²) in [6.07, 6.45) is 1.49. The number of rotatable bonds is 7. The maximum Gasteiger partial charge on any atom is 0.253 e. The zero-order valence-electron chi connectivity index (χ0n) is 15.8. The highest BCUT2D eigenvalue weighted by Crippen LogP contribution is 2.22. The van der Waals surface area contributed by atoms with Gasteiger partial charge in [0.05, 0.1) is 17.0 Å². The summed E-state index contributed by atoms with van der Waals surface area (Å²) in [5.41, 5.74) is 3.12. The number of fused-ring (bicyclic) bond motifs is 1. The van der Waals surface area contributed by atoms with Gasteiger partial charge in [-0.15, -0.1) is 12.4 Å². The summed E-state index contributed by atoms with van der Waals surface area (Å²) in [6.45, 7) is 3.10. The van der Waals surface area contributed by atoms with Gasteiger partial charge in [0.2, 0.25) is 10.0 Å². The molecule has 152 valence electrons. The molecule has 3 N–H and O–H groups in total. The van der Waals surface area contributed by atoms with Crippen molar-refractivity contribution >= 4 is 34.0 Å². The monoisotopic (exact) mass is 423 g/mol. The van der Waals surface area contributed by atoms with E-state index < -0.39 is 10.0 Å². The first kappa shape index (κ1) is 22.2. The van der Waals surface area contributed by atoms with E-state index in [1.165, 1.54) is 11.1 Å². The first-order valence-electron chi connectivity index (χ1n) is 9.19. The second-order valence-corrected chi connectivity index (χ2v) is 8.47. The molecule has 1 unspecified atom stereocenters. The van der Waals surface area contributed by atoms with Crippen LogP contribution in [0.25, 0.3) is 0 Å². The third kappa shape index (κ3) is 5.47. The Bertz CT molecular complexity index is 918. The molecular weight excluding hydrogens is 398 g/mol. The Labute approximate surface area is 172 Å². The minimum Gasteiger partial charge on any atom is -0.350 e. The molecule has 8 heteroatoms. The third-order valence-corrected chi connectivity index (χ3v) is 6.07. The van der Waals surface area contributed by atoms with Crippen LogP contribution < -0.4 is 15.4 Å². The van der Waals surface area contributed by atoms with E-state index in [-0.39, 0.29) is 30.1 Å². The molecule has 1 atom stereocenters. The largest absolute Gasteiger partial charge is 0.350 e. The molecule has 0 aromatic heterocycles. The minimum atomic E-state index is -3.46. The average molecular weight is 424 g/mol. The summed E-state index contributed by atoms with van der Waals surface area (Å²) >= 11 is 0. The predicted octanol–water partition coefficient (Wildman–Crippen LogP) is 2.88. The number of sulfonamides is 1. The van der Waals surface area contributed by atoms with Gasteiger partial charge in [0.1, 0.15) is 0 Å². The van der Waals surface area contributed by atoms with Gasteiger partial charge in [0.25, 0.3) is 5.91 Å². The van der Waals surface area contributed by atoms with Crippen LogP contribution in [0, 0.1) is 0 Å². The Morgan fingerprint density at radius 1 is 1.14 bits per heavy atom. The van der Waals surface area contributed by atoms with Crippen molar-refractivity contribution in [2.75, 3.05) is 23.6 Å². The molecule has 1 aliphatic rings. The van der Waals surface area contributed by atoms with Gasteiger partial charge in [-0.1, -0.05) is 43.3 Å². The molecule has 6 nitrogen and oxygen atoms in total. The van der Waals surface area contributed by atoms with Gasteiger partial charge in [-0.2, -0.15) is 0 Å². The van der Waals surface area contributed by atoms with E-state index in [1.54, 1.807) is 31.2 Å². The highest BCUT2D eigenvalue weighted by atomic mass is 35.5. The highest BCUT2D eigenvalue weighted by Gasteiger charge is 2.21. The lowest BCUT2D eigenvalue weighted by Crippen LogP contribution is -2.39. The summed E-state index contributed by atoms with van der Waals surface area (Å²) in [5, 5.41) is 6.36. The van der Waals surface area contributed by atoms with Crippen LogP contribution in [-0.2, 0) is 16.4 Å². The van der Waals surface area contributed by atoms with E-state index >= 15 is 0 Å². The van der Waals surface area contributed by atoms with E-state index in [2.05, 4.69) is 27.5 Å². The summed E-state index contributed by atoms with van der Waals surface area (Å²) < 4.78 is 26.6. The smallest absolute Gasteiger partial charge is 0.253 e. The fraction of sp³-hybridized carbons (Fsp3) is 0.350. The summed E-state index contributed by atoms with van der Waals surface area (Å²) in [6, 6.07) is 14.9. The Balaban J connectivity index is 0.00000280. The van der Waals surface area contributed by atoms with Crippen molar-refractivity contribution in [2.45, 2.75) is 25.8 Å². The van der Waals surface area contributed by atoms with Crippen molar-refractivity contribution in [3.05, 3.63) is 65.2 Å². The van der Waals surface area contributed by atoms with Gasteiger partial charge in [0.15, 0.2) is 0 Å². The third-order valence-electron chi connectivity index (χ3n) is 4.59. The Morgan fingerprint density at radius 2 is 1.86 bits per heavy atom. The number of hydrogen-bond acceptors (Lipinski definition) is 4. The number of carbonyl (C=O) groups excluding carboxylic acids is 1. The van der Waals surface area contributed by atoms with Crippen molar-refractivity contribution in [3.63, 3.8) is 0 Å². The van der Waals surface area contributed by atoms with Crippen molar-refractivity contribution in [1.82, 2.24) is 10.6 Å². The molecule has 28 heavy (non-hydrogen) atoms. The molecule has 0 radical (unpaired) electrons. The molecule has 1 aliphatic heterocycles. The number of halogens is 1. The number of amides is 1. The van der Waals surface area contributed by atoms with Gasteiger partial charge in [-0.25, -0.2) is 8.42 Å². The first-order chi connectivity index (χ1) is 13.0. The summed E-state index contributed by atoms with van der Waals surface area (Å²) in [5.74, 6) is -0.277. The Morgan fingerprint density at radius 3 is 2.64 bits per heavy atom. The van der Waals surface area contributed by atoms with Gasteiger partial charge in [-0.3, -0.25) is 9.52 Å². The number of nitrogens with one attached hydrogen (secondary N) is 3. The maximum absolute atomic E-state index is 12.7. The molecule has 0 aliphatic carbocycles. The van der Waals surface area contributed by atoms with Gasteiger partial charge >= 0.3 is 0 Å². The lowest BCUT2D eigenvalue weighted by Gasteiger charge is -2.27. The lowest BCUT2D eigenvalue weighted by molar-refractivity contribution is 0.0950. The molecule has 0 fully saturated rings. The van der Waals surface area contributed by atoms with Crippen LogP contribution in [0.15, 0.2) is 48.5 Å². The standard InChI is InChI=1S/C20H25N3O3S.ClH/c1-2-13-27(25,26)23-18-10-6-5-9-17(18)20(24)22-14-19-16-8-4-3-7-15(16)11-12-21-19;/h3-10,19,21,23H,2,11-14H2,1H3,(H,22,24);1H. The fourth-order valence-corrected chi connectivity index (χ4v) is 4.47. The fourth-order valence-electron chi connectivity index (χ4n) is 3.32. The normalized spacial score (nSPS) is 15.8. The van der Waals surface area contributed by atoms with Crippen LogP contribution in [0.1, 0.15) is 40.9 Å². The maximum atomic E-state index is 12.7. The molecule has 0 spiro atoms. The van der Waals surface area contributed by atoms with Gasteiger partial charge in [0, 0.05) is 12.6 Å². The number of benzene rings is 2. The van der Waals surface area contributed by atoms with Crippen LogP contribution >= 0.6 is 12.4 Å². The second-order valence-electron chi connectivity index (χ2n) is 6.63. The van der Waals surface area contributed by atoms with Crippen LogP contribution in [0.5, 0.6) is 0 Å². The zero-order chi connectivity index (χ0) is 19.3. The summed E-state index contributed by atoms with van der Waals surface area (Å²) in [7, 11) is -3.46. The molecule has 0 saturated heterocycles. The van der Waals surface area contributed by atoms with Gasteiger partial charge < -0.3 is 10.6 Å². The molecule has 3 rings (SSSR count). The molecular formula is C20H26ClN3O3S. The van der Waals surface area contributed by atoms with Crippen molar-refractivity contribution in [2.24, 2.45) is 0 Å². The Kier molecular flexibility index (Phi) is 7.86. The van der Waals surface area contributed by atoms with Crippen molar-refractivity contribution in [3.8, 4) is 0 Å². The Hall–Kier alpha value is -2.09. The summed E-state index contributed by atoms with van der Waals surface area (Å²) in [4.78, 5) is 12.7. The zero-order valence-corrected chi connectivity index (χ0v) is 17.4. The van der Waals surface area contributed by atoms with E-state index in [9.17, 15) is 13.2 Å². The molecule has 1 heterocycles. The van der Waals surface area contributed by atoms with Crippen LogP contribution in [-0.4, -0.2) is 33.2 Å². The quantitative estimate of drug-likeness (QED) is 0.639. The van der Waals surface area contributed by atoms with Crippen LogP contribution in [0.2, 0.25) is 0 Å². The SMILES string of the molecule is CCCS(=O)(=O)Nc1ccccc1C(=O)NCC1NCCc2ccccc21.Cl. The highest BCUT2D eigenvalue weighted by molar-refractivity contribution is 7.92. The first-order valence-corrected chi connectivity index (χ1v) is 10.8. The van der Waals surface area contributed by atoms with Crippen molar-refractivity contribution in [1.29, 1.82) is 0 Å². The number of para-hydroxylation sites is 1. The van der Waals surface area contributed by atoms with E-state index in [0.29, 0.717) is 24.2 Å². The van der Waals surface area contributed by atoms with Gasteiger partial charge in [-0.05, 0) is 42.6 Å². The van der Waals surface area contributed by atoms with E-state index in [4.69, 9.17) is 0 Å². The second kappa shape index (κ2) is 9.91. The van der Waals surface area contributed by atoms with Crippen LogP contribution in [0.4, 0.5) is 5.69 Å². The number of carbonyl (C=O) groups is 1. The molecule has 2 aromatic carbocycles. The predicted molar refractivity (Wildman–Crippen MR) is 115 cm³/mol. The lowest BCUT2D eigenvalue weighted by atomic mass is 9.94. The van der Waals surface area contributed by atoms with Crippen LogP contribution in [0.3, 0.4) is 0 Å². The average Bonchev–Trinajstić information content (AvgIpc) is 2.66. The molecule has 0 bridgehead atoms. The molecule has 2 aromatic rings. The van der Waals surface area contributed by atoms with Crippen molar-refractivity contribution < 1.29 is 13.2 Å². The molecule has 0 saturated carbocycles. The number of anilines is 1.